The number of para-hydroxylation sites is 1. The molecule has 9 aromatic rings. The Balaban J connectivity index is 1.39. The van der Waals surface area contributed by atoms with E-state index in [2.05, 4.69) is 119 Å². The molecule has 0 saturated carbocycles. The van der Waals surface area contributed by atoms with Crippen LogP contribution in [0.3, 0.4) is 0 Å². The molecule has 3 aromatic heterocycles. The Bertz CT molecular complexity index is 2650. The van der Waals surface area contributed by atoms with Crippen LogP contribution in [-0.2, 0) is 0 Å². The van der Waals surface area contributed by atoms with Crippen molar-refractivity contribution in [3.8, 4) is 0 Å². The van der Waals surface area contributed by atoms with Crippen molar-refractivity contribution in [3.05, 3.63) is 145 Å². The summed E-state index contributed by atoms with van der Waals surface area (Å²) >= 11 is 3.79. The van der Waals surface area contributed by atoms with Crippen LogP contribution >= 0.6 is 22.7 Å². The number of fused-ring (bicyclic) bond motifs is 12. The molecule has 4 nitrogen and oxygen atoms in total. The summed E-state index contributed by atoms with van der Waals surface area (Å²) in [6.07, 6.45) is -0.284. The van der Waals surface area contributed by atoms with Crippen molar-refractivity contribution in [3.63, 3.8) is 0 Å². The normalized spacial score (nSPS) is 15.3. The van der Waals surface area contributed by atoms with Gasteiger partial charge >= 0.3 is 0 Å². The van der Waals surface area contributed by atoms with Crippen LogP contribution in [-0.4, -0.2) is 16.4 Å². The molecule has 4 heterocycles. The van der Waals surface area contributed by atoms with E-state index in [1.807, 2.05) is 46.9 Å². The Labute approximate surface area is 266 Å². The monoisotopic (exact) mass is 612 g/mol. The molecule has 0 bridgehead atoms. The summed E-state index contributed by atoms with van der Waals surface area (Å²) in [4.78, 5) is 10.4. The average molecular weight is 613 g/mol. The Morgan fingerprint density at radius 2 is 1.11 bits per heavy atom. The van der Waals surface area contributed by atoms with Gasteiger partial charge in [0.05, 0.1) is 11.0 Å². The van der Waals surface area contributed by atoms with Gasteiger partial charge in [0.15, 0.2) is 5.84 Å². The van der Waals surface area contributed by atoms with Crippen molar-refractivity contribution in [2.24, 2.45) is 9.98 Å². The zero-order chi connectivity index (χ0) is 29.5. The first-order valence-corrected chi connectivity index (χ1v) is 16.7. The van der Waals surface area contributed by atoms with Gasteiger partial charge < -0.3 is 5.32 Å². The van der Waals surface area contributed by atoms with Gasteiger partial charge in [-0.3, -0.25) is 4.57 Å². The van der Waals surface area contributed by atoms with Crippen molar-refractivity contribution in [2.45, 2.75) is 6.17 Å². The number of nitrogens with one attached hydrogen (secondary N) is 1. The predicted octanol–water partition coefficient (Wildman–Crippen LogP) is 10.5. The van der Waals surface area contributed by atoms with Gasteiger partial charge in [-0.15, -0.1) is 22.7 Å². The largest absolute Gasteiger partial charge is 0.330 e. The molecule has 1 aliphatic heterocycles. The van der Waals surface area contributed by atoms with Crippen LogP contribution in [0.2, 0.25) is 0 Å². The summed E-state index contributed by atoms with van der Waals surface area (Å²) in [6.45, 7) is 0. The van der Waals surface area contributed by atoms with E-state index in [4.69, 9.17) is 9.98 Å². The molecule has 0 radical (unpaired) electrons. The van der Waals surface area contributed by atoms with Gasteiger partial charge in [0.25, 0.3) is 0 Å². The minimum absolute atomic E-state index is 0.284. The number of benzene rings is 6. The van der Waals surface area contributed by atoms with Gasteiger partial charge in [0, 0.05) is 56.7 Å². The summed E-state index contributed by atoms with van der Waals surface area (Å²) in [5, 5.41) is 11.5. The zero-order valence-corrected chi connectivity index (χ0v) is 25.6. The van der Waals surface area contributed by atoms with Gasteiger partial charge in [-0.25, -0.2) is 4.99 Å². The maximum absolute atomic E-state index is 5.29. The van der Waals surface area contributed by atoms with Gasteiger partial charge in [-0.1, -0.05) is 115 Å². The lowest BCUT2D eigenvalue weighted by Crippen LogP contribution is -2.37. The quantitative estimate of drug-likeness (QED) is 0.207. The van der Waals surface area contributed by atoms with E-state index in [1.165, 1.54) is 56.6 Å². The van der Waals surface area contributed by atoms with Crippen LogP contribution in [0.4, 0.5) is 0 Å². The second kappa shape index (κ2) is 9.60. The van der Waals surface area contributed by atoms with Crippen LogP contribution in [0, 0.1) is 0 Å². The van der Waals surface area contributed by atoms with Crippen molar-refractivity contribution in [2.75, 3.05) is 0 Å². The fraction of sp³-hybridized carbons (Fsp3) is 0.0256. The summed E-state index contributed by atoms with van der Waals surface area (Å²) < 4.78 is 7.62. The predicted molar refractivity (Wildman–Crippen MR) is 193 cm³/mol. The molecule has 1 aliphatic rings. The molecular weight excluding hydrogens is 589 g/mol. The molecule has 6 heteroatoms. The molecule has 0 aliphatic carbocycles. The number of aromatic nitrogens is 1. The lowest BCUT2D eigenvalue weighted by molar-refractivity contribution is 0.661. The molecule has 1 unspecified atom stereocenters. The Morgan fingerprint density at radius 1 is 0.556 bits per heavy atom. The molecule has 0 spiro atoms. The number of aliphatic imine (C=N–C) groups is 2. The van der Waals surface area contributed by atoms with E-state index in [0.717, 1.165) is 28.4 Å². The summed E-state index contributed by atoms with van der Waals surface area (Å²) in [5.74, 6) is 1.50. The Morgan fingerprint density at radius 3 is 1.82 bits per heavy atom. The van der Waals surface area contributed by atoms with E-state index >= 15 is 0 Å². The third-order valence-electron chi connectivity index (χ3n) is 8.84. The molecule has 0 amide bonds. The number of hydrogen-bond donors (Lipinski definition) is 1. The fourth-order valence-corrected chi connectivity index (χ4v) is 9.51. The molecule has 6 aromatic carbocycles. The van der Waals surface area contributed by atoms with Gasteiger partial charge in [0.1, 0.15) is 6.17 Å². The first-order valence-electron chi connectivity index (χ1n) is 15.0. The smallest absolute Gasteiger partial charge is 0.211 e. The van der Waals surface area contributed by atoms with E-state index in [-0.39, 0.29) is 6.17 Å². The highest BCUT2D eigenvalue weighted by Gasteiger charge is 2.28. The maximum Gasteiger partial charge on any atom is 0.211 e. The van der Waals surface area contributed by atoms with E-state index in [0.29, 0.717) is 0 Å². The molecule has 1 N–H and O–H groups in total. The summed E-state index contributed by atoms with van der Waals surface area (Å²) in [5.41, 5.74) is 4.41. The molecule has 0 fully saturated rings. The standard InChI is InChI=1S/C39H24N4S2/c1-3-13-23(14-4-1)37-40-38(24-15-5-2-6-16-24)42-39(41-37)43-28-20-10-7-17-25(28)31-34(43)32-26-18-8-11-21-29(26)44-36(32)33-27-19-9-12-22-30(27)45-35(31)33/h1-22,37H,(H,40,41,42). The second-order valence-electron chi connectivity index (χ2n) is 11.4. The molecule has 212 valence electrons. The first kappa shape index (κ1) is 25.1. The summed E-state index contributed by atoms with van der Waals surface area (Å²) in [6, 6.07) is 47.2. The molecular formula is C39H24N4S2. The first-order chi connectivity index (χ1) is 22.3. The Kier molecular flexibility index (Phi) is 5.35. The van der Waals surface area contributed by atoms with Gasteiger partial charge in [0.2, 0.25) is 5.96 Å². The highest BCUT2D eigenvalue weighted by molar-refractivity contribution is 7.30. The van der Waals surface area contributed by atoms with Crippen LogP contribution in [0.1, 0.15) is 17.3 Å². The Hall–Kier alpha value is -5.30. The lowest BCUT2D eigenvalue weighted by Gasteiger charge is -2.25. The van der Waals surface area contributed by atoms with Crippen LogP contribution in [0.5, 0.6) is 0 Å². The number of hydrogen-bond acceptors (Lipinski definition) is 5. The molecule has 45 heavy (non-hydrogen) atoms. The van der Waals surface area contributed by atoms with Gasteiger partial charge in [-0.05, 0) is 23.8 Å². The minimum atomic E-state index is -0.284. The van der Waals surface area contributed by atoms with Crippen molar-refractivity contribution in [1.29, 1.82) is 0 Å². The third-order valence-corrected chi connectivity index (χ3v) is 11.2. The topological polar surface area (TPSA) is 41.7 Å². The maximum atomic E-state index is 5.29. The van der Waals surface area contributed by atoms with Gasteiger partial charge in [-0.2, -0.15) is 4.99 Å². The SMILES string of the molecule is c1ccc(C2=NC(c3ccccc3)NC(n3c4ccccc4c4c5sc6ccccc6c5c5sc6ccccc6c5c43)=N2)cc1. The zero-order valence-electron chi connectivity index (χ0n) is 23.9. The number of thiophene rings is 2. The van der Waals surface area contributed by atoms with Crippen molar-refractivity contribution >= 4 is 96.6 Å². The molecule has 1 atom stereocenters. The average Bonchev–Trinajstić information content (AvgIpc) is 3.78. The molecule has 0 saturated heterocycles. The summed E-state index contributed by atoms with van der Waals surface area (Å²) in [7, 11) is 0. The van der Waals surface area contributed by atoms with Crippen molar-refractivity contribution < 1.29 is 0 Å². The lowest BCUT2D eigenvalue weighted by atomic mass is 10.0. The number of rotatable bonds is 2. The van der Waals surface area contributed by atoms with Crippen molar-refractivity contribution in [1.82, 2.24) is 9.88 Å². The van der Waals surface area contributed by atoms with E-state index in [1.54, 1.807) is 0 Å². The van der Waals surface area contributed by atoms with Crippen LogP contribution in [0.25, 0.3) is 62.2 Å². The highest BCUT2D eigenvalue weighted by atomic mass is 32.1. The van der Waals surface area contributed by atoms with Crippen LogP contribution in [0.15, 0.2) is 143 Å². The van der Waals surface area contributed by atoms with Crippen LogP contribution < -0.4 is 5.32 Å². The van der Waals surface area contributed by atoms with E-state index in [9.17, 15) is 0 Å². The fourth-order valence-electron chi connectivity index (χ4n) is 6.90. The number of nitrogens with zero attached hydrogens (tertiary/aromatic N) is 3. The van der Waals surface area contributed by atoms with E-state index < -0.39 is 0 Å². The minimum Gasteiger partial charge on any atom is -0.330 e. The highest BCUT2D eigenvalue weighted by Crippen LogP contribution is 2.51. The second-order valence-corrected chi connectivity index (χ2v) is 13.5. The third kappa shape index (κ3) is 3.64. The number of amidine groups is 1. The molecule has 10 rings (SSSR count).